The summed E-state index contributed by atoms with van der Waals surface area (Å²) in [6.07, 6.45) is 2.32. The highest BCUT2D eigenvalue weighted by Crippen LogP contribution is 2.18. The molecule has 1 amide bonds. The first kappa shape index (κ1) is 16.2. The molecule has 0 heterocycles. The summed E-state index contributed by atoms with van der Waals surface area (Å²) in [4.78, 5) is 11.6. The van der Waals surface area contributed by atoms with Crippen LogP contribution in [-0.2, 0) is 4.79 Å². The molecule has 1 aromatic rings. The first-order chi connectivity index (χ1) is 9.43. The van der Waals surface area contributed by atoms with Crippen molar-refractivity contribution in [1.29, 1.82) is 0 Å². The number of amides is 1. The van der Waals surface area contributed by atoms with Crippen LogP contribution in [0.25, 0.3) is 6.08 Å². The SMILES string of the molecule is COc1cc(C=CC(=O)NCC(O)C(C)C)ccc1F. The van der Waals surface area contributed by atoms with Crippen LogP contribution >= 0.6 is 0 Å². The number of carbonyl (C=O) groups is 1. The molecule has 1 rings (SSSR count). The molecule has 1 unspecified atom stereocenters. The van der Waals surface area contributed by atoms with Crippen LogP contribution in [0.5, 0.6) is 5.75 Å². The van der Waals surface area contributed by atoms with Crippen molar-refractivity contribution in [2.24, 2.45) is 5.92 Å². The van der Waals surface area contributed by atoms with Crippen LogP contribution in [0, 0.1) is 11.7 Å². The molecular weight excluding hydrogens is 261 g/mol. The van der Waals surface area contributed by atoms with E-state index in [-0.39, 0.29) is 24.1 Å². The van der Waals surface area contributed by atoms with E-state index in [1.165, 1.54) is 25.3 Å². The quantitative estimate of drug-likeness (QED) is 0.784. The van der Waals surface area contributed by atoms with Gasteiger partial charge in [0.15, 0.2) is 11.6 Å². The zero-order valence-electron chi connectivity index (χ0n) is 11.9. The number of hydrogen-bond donors (Lipinski definition) is 2. The van der Waals surface area contributed by atoms with Crippen molar-refractivity contribution in [1.82, 2.24) is 5.32 Å². The number of aliphatic hydroxyl groups is 1. The van der Waals surface area contributed by atoms with Gasteiger partial charge >= 0.3 is 0 Å². The third-order valence-electron chi connectivity index (χ3n) is 2.86. The lowest BCUT2D eigenvalue weighted by atomic mass is 10.1. The second-order valence-electron chi connectivity index (χ2n) is 4.78. The molecule has 110 valence electrons. The van der Waals surface area contributed by atoms with Crippen molar-refractivity contribution >= 4 is 12.0 Å². The number of methoxy groups -OCH3 is 1. The Bertz CT molecular complexity index is 486. The largest absolute Gasteiger partial charge is 0.494 e. The van der Waals surface area contributed by atoms with Crippen LogP contribution in [0.15, 0.2) is 24.3 Å². The molecule has 0 saturated heterocycles. The van der Waals surface area contributed by atoms with Crippen molar-refractivity contribution in [3.8, 4) is 5.75 Å². The number of nitrogens with one attached hydrogen (secondary N) is 1. The lowest BCUT2D eigenvalue weighted by Crippen LogP contribution is -2.33. The summed E-state index contributed by atoms with van der Waals surface area (Å²) in [7, 11) is 1.38. The molecule has 0 aliphatic heterocycles. The Morgan fingerprint density at radius 3 is 2.80 bits per heavy atom. The Morgan fingerprint density at radius 1 is 1.50 bits per heavy atom. The van der Waals surface area contributed by atoms with E-state index in [1.807, 2.05) is 13.8 Å². The minimum atomic E-state index is -0.571. The topological polar surface area (TPSA) is 58.6 Å². The number of benzene rings is 1. The maximum Gasteiger partial charge on any atom is 0.244 e. The van der Waals surface area contributed by atoms with Crippen LogP contribution in [0.2, 0.25) is 0 Å². The molecule has 0 aliphatic rings. The molecule has 0 bridgehead atoms. The van der Waals surface area contributed by atoms with Gasteiger partial charge in [-0.05, 0) is 29.7 Å². The molecule has 0 radical (unpaired) electrons. The van der Waals surface area contributed by atoms with Gasteiger partial charge in [-0.2, -0.15) is 0 Å². The highest BCUT2D eigenvalue weighted by Gasteiger charge is 2.09. The predicted molar refractivity (Wildman–Crippen MR) is 75.8 cm³/mol. The third-order valence-corrected chi connectivity index (χ3v) is 2.86. The zero-order valence-corrected chi connectivity index (χ0v) is 11.9. The molecule has 1 aromatic carbocycles. The molecule has 5 heteroatoms. The first-order valence-electron chi connectivity index (χ1n) is 6.41. The average Bonchev–Trinajstić information content (AvgIpc) is 2.43. The van der Waals surface area contributed by atoms with E-state index in [0.29, 0.717) is 5.56 Å². The summed E-state index contributed by atoms with van der Waals surface area (Å²) >= 11 is 0. The van der Waals surface area contributed by atoms with Gasteiger partial charge in [-0.1, -0.05) is 19.9 Å². The number of aliphatic hydroxyl groups excluding tert-OH is 1. The monoisotopic (exact) mass is 281 g/mol. The summed E-state index contributed by atoms with van der Waals surface area (Å²) < 4.78 is 18.1. The number of carbonyl (C=O) groups excluding carboxylic acids is 1. The summed E-state index contributed by atoms with van der Waals surface area (Å²) in [5, 5.41) is 12.2. The molecule has 0 spiro atoms. The number of rotatable bonds is 6. The molecule has 1 atom stereocenters. The van der Waals surface area contributed by atoms with Crippen molar-refractivity contribution in [2.45, 2.75) is 20.0 Å². The summed E-state index contributed by atoms with van der Waals surface area (Å²) in [5.41, 5.74) is 0.655. The Balaban J connectivity index is 2.57. The lowest BCUT2D eigenvalue weighted by Gasteiger charge is -2.14. The van der Waals surface area contributed by atoms with E-state index in [0.717, 1.165) is 0 Å². The Labute approximate surface area is 118 Å². The Hall–Kier alpha value is -1.88. The van der Waals surface area contributed by atoms with Crippen molar-refractivity contribution < 1.29 is 19.0 Å². The molecule has 4 nitrogen and oxygen atoms in total. The van der Waals surface area contributed by atoms with Crippen molar-refractivity contribution in [3.63, 3.8) is 0 Å². The van der Waals surface area contributed by atoms with Gasteiger partial charge in [0.1, 0.15) is 0 Å². The maximum absolute atomic E-state index is 13.2. The Morgan fingerprint density at radius 2 is 2.20 bits per heavy atom. The lowest BCUT2D eigenvalue weighted by molar-refractivity contribution is -0.117. The highest BCUT2D eigenvalue weighted by atomic mass is 19.1. The summed E-state index contributed by atoms with van der Waals surface area (Å²) in [6.45, 7) is 3.95. The fourth-order valence-corrected chi connectivity index (χ4v) is 1.45. The van der Waals surface area contributed by atoms with E-state index in [2.05, 4.69) is 5.32 Å². The maximum atomic E-state index is 13.2. The molecule has 0 aliphatic carbocycles. The molecule has 0 aromatic heterocycles. The normalized spacial score (nSPS) is 12.7. The van der Waals surface area contributed by atoms with Crippen LogP contribution in [0.4, 0.5) is 4.39 Å². The van der Waals surface area contributed by atoms with Gasteiger partial charge in [-0.15, -0.1) is 0 Å². The fraction of sp³-hybridized carbons (Fsp3) is 0.400. The van der Waals surface area contributed by atoms with Gasteiger partial charge in [0.2, 0.25) is 5.91 Å². The smallest absolute Gasteiger partial charge is 0.244 e. The predicted octanol–water partition coefficient (Wildman–Crippen LogP) is 1.98. The van der Waals surface area contributed by atoms with E-state index >= 15 is 0 Å². The summed E-state index contributed by atoms with van der Waals surface area (Å²) in [6, 6.07) is 4.33. The van der Waals surface area contributed by atoms with Crippen LogP contribution in [0.1, 0.15) is 19.4 Å². The van der Waals surface area contributed by atoms with Gasteiger partial charge in [-0.25, -0.2) is 4.39 Å². The zero-order chi connectivity index (χ0) is 15.1. The minimum absolute atomic E-state index is 0.0839. The third kappa shape index (κ3) is 5.01. The second-order valence-corrected chi connectivity index (χ2v) is 4.78. The second kappa shape index (κ2) is 7.65. The fourth-order valence-electron chi connectivity index (χ4n) is 1.45. The molecule has 2 N–H and O–H groups in total. The number of halogens is 1. The first-order valence-corrected chi connectivity index (χ1v) is 6.41. The van der Waals surface area contributed by atoms with Gasteiger partial charge in [0.05, 0.1) is 13.2 Å². The molecule has 0 fully saturated rings. The van der Waals surface area contributed by atoms with Gasteiger partial charge in [-0.3, -0.25) is 4.79 Å². The van der Waals surface area contributed by atoms with Crippen molar-refractivity contribution in [2.75, 3.05) is 13.7 Å². The minimum Gasteiger partial charge on any atom is -0.494 e. The highest BCUT2D eigenvalue weighted by molar-refractivity contribution is 5.91. The van der Waals surface area contributed by atoms with E-state index in [4.69, 9.17) is 4.74 Å². The molecule has 0 saturated carbocycles. The molecular formula is C15H20FNO3. The van der Waals surface area contributed by atoms with Gasteiger partial charge in [0, 0.05) is 12.6 Å². The van der Waals surface area contributed by atoms with E-state index in [1.54, 1.807) is 12.1 Å². The number of hydrogen-bond acceptors (Lipinski definition) is 3. The van der Waals surface area contributed by atoms with Crippen LogP contribution in [-0.4, -0.2) is 30.8 Å². The van der Waals surface area contributed by atoms with E-state index < -0.39 is 11.9 Å². The van der Waals surface area contributed by atoms with Gasteiger partial charge < -0.3 is 15.2 Å². The number of ether oxygens (including phenoxy) is 1. The average molecular weight is 281 g/mol. The van der Waals surface area contributed by atoms with Crippen LogP contribution in [0.3, 0.4) is 0 Å². The summed E-state index contributed by atoms with van der Waals surface area (Å²) in [5.74, 6) is -0.550. The van der Waals surface area contributed by atoms with Crippen LogP contribution < -0.4 is 10.1 Å². The van der Waals surface area contributed by atoms with Crippen molar-refractivity contribution in [3.05, 3.63) is 35.7 Å². The standard InChI is InChI=1S/C15H20FNO3/c1-10(2)13(18)9-17-15(19)7-5-11-4-6-12(16)14(8-11)20-3/h4-8,10,13,18H,9H2,1-3H3,(H,17,19). The Kier molecular flexibility index (Phi) is 6.18. The molecule has 20 heavy (non-hydrogen) atoms. The van der Waals surface area contributed by atoms with E-state index in [9.17, 15) is 14.3 Å². The van der Waals surface area contributed by atoms with Gasteiger partial charge in [0.25, 0.3) is 0 Å².